The fourth-order valence-corrected chi connectivity index (χ4v) is 5.19. The Labute approximate surface area is 180 Å². The van der Waals surface area contributed by atoms with Crippen LogP contribution in [0.5, 0.6) is 0 Å². The Hall–Kier alpha value is -1.38. The minimum atomic E-state index is -1.45. The number of halogens is 2. The topological polar surface area (TPSA) is 64.6 Å². The lowest BCUT2D eigenvalue weighted by Gasteiger charge is -2.43. The molecular formula is C22H32F2N2O3S. The molecule has 2 atom stereocenters. The summed E-state index contributed by atoms with van der Waals surface area (Å²) in [5, 5.41) is 0. The van der Waals surface area contributed by atoms with Crippen molar-refractivity contribution in [2.75, 3.05) is 13.1 Å². The molecule has 8 heteroatoms. The monoisotopic (exact) mass is 442 g/mol. The molecule has 1 aliphatic heterocycles. The smallest absolute Gasteiger partial charge is 0.410 e. The van der Waals surface area contributed by atoms with E-state index in [1.54, 1.807) is 4.90 Å². The van der Waals surface area contributed by atoms with Gasteiger partial charge in [0.2, 0.25) is 0 Å². The van der Waals surface area contributed by atoms with Crippen LogP contribution in [0.25, 0.3) is 0 Å². The first-order chi connectivity index (χ1) is 13.7. The highest BCUT2D eigenvalue weighted by atomic mass is 32.2. The van der Waals surface area contributed by atoms with Crippen molar-refractivity contribution in [3.05, 3.63) is 34.9 Å². The summed E-state index contributed by atoms with van der Waals surface area (Å²) in [5.41, 5.74) is -0.469. The molecule has 5 nitrogen and oxygen atoms in total. The second-order valence-corrected chi connectivity index (χ2v) is 12.4. The first-order valence-corrected chi connectivity index (χ1v) is 11.5. The van der Waals surface area contributed by atoms with Gasteiger partial charge in [-0.2, -0.15) is 0 Å². The van der Waals surface area contributed by atoms with E-state index in [1.165, 1.54) is 0 Å². The van der Waals surface area contributed by atoms with Crippen LogP contribution in [0.3, 0.4) is 0 Å². The van der Waals surface area contributed by atoms with E-state index >= 15 is 0 Å². The van der Waals surface area contributed by atoms with E-state index < -0.39 is 44.8 Å². The van der Waals surface area contributed by atoms with Gasteiger partial charge in [0.1, 0.15) is 22.0 Å². The number of nitrogens with one attached hydrogen (secondary N) is 1. The van der Waals surface area contributed by atoms with E-state index in [0.717, 1.165) is 12.1 Å². The van der Waals surface area contributed by atoms with Crippen molar-refractivity contribution in [3.8, 4) is 0 Å². The van der Waals surface area contributed by atoms with Crippen molar-refractivity contribution in [1.29, 1.82) is 0 Å². The van der Waals surface area contributed by atoms with Gasteiger partial charge in [0.05, 0.1) is 6.04 Å². The van der Waals surface area contributed by atoms with Gasteiger partial charge in [-0.3, -0.25) is 0 Å². The van der Waals surface area contributed by atoms with Gasteiger partial charge in [0, 0.05) is 35.4 Å². The Kier molecular flexibility index (Phi) is 6.17. The van der Waals surface area contributed by atoms with Crippen molar-refractivity contribution in [2.24, 2.45) is 5.41 Å². The maximum atomic E-state index is 14.8. The third-order valence-corrected chi connectivity index (χ3v) is 7.43. The number of amides is 1. The van der Waals surface area contributed by atoms with E-state index in [2.05, 4.69) is 4.72 Å². The van der Waals surface area contributed by atoms with Crippen LogP contribution < -0.4 is 4.72 Å². The Morgan fingerprint density at radius 1 is 1.17 bits per heavy atom. The van der Waals surface area contributed by atoms with Crippen LogP contribution in [0.2, 0.25) is 0 Å². The number of nitrogens with zero attached hydrogens (tertiary/aromatic N) is 1. The van der Waals surface area contributed by atoms with E-state index in [4.69, 9.17) is 4.74 Å². The Balaban J connectivity index is 1.87. The fourth-order valence-electron chi connectivity index (χ4n) is 4.26. The first-order valence-electron chi connectivity index (χ1n) is 10.4. The number of fused-ring (bicyclic) bond motifs is 1. The summed E-state index contributed by atoms with van der Waals surface area (Å²) < 4.78 is 50.3. The van der Waals surface area contributed by atoms with Crippen LogP contribution >= 0.6 is 0 Å². The number of benzene rings is 1. The van der Waals surface area contributed by atoms with Gasteiger partial charge < -0.3 is 14.2 Å². The van der Waals surface area contributed by atoms with Gasteiger partial charge in [0.25, 0.3) is 0 Å². The van der Waals surface area contributed by atoms with Crippen molar-refractivity contribution in [1.82, 2.24) is 9.62 Å². The van der Waals surface area contributed by atoms with Crippen molar-refractivity contribution < 1.29 is 22.9 Å². The second kappa shape index (κ2) is 7.95. The molecule has 3 rings (SSSR count). The summed E-state index contributed by atoms with van der Waals surface area (Å²) in [5.74, 6) is -0.924. The zero-order chi connectivity index (χ0) is 22.5. The standard InChI is InChI=1S/C22H32F2N2O3S/c1-20(2,3)29-19(27)26-11-9-22(10-12-26)13-14-15(23)7-8-16(24)17(14)18(22)25-30(28)21(4,5)6/h7-8,18,25H,9-13H2,1-6H3/t18-,30+/m0/s1. The number of carbonyl (C=O) groups is 1. The molecule has 0 aromatic heterocycles. The van der Waals surface area contributed by atoms with E-state index in [1.807, 2.05) is 41.5 Å². The molecule has 0 radical (unpaired) electrons. The lowest BCUT2D eigenvalue weighted by atomic mass is 9.73. The molecule has 2 aliphatic rings. The average Bonchev–Trinajstić information content (AvgIpc) is 2.92. The normalized spacial score (nSPS) is 22.2. The SMILES string of the molecule is CC(C)(C)OC(=O)N1CCC2(CC1)Cc1c(F)ccc(F)c1[C@@H]2N[S@+]([O-])C(C)(C)C. The number of hydrogen-bond donors (Lipinski definition) is 1. The molecule has 0 saturated carbocycles. The molecule has 1 amide bonds. The van der Waals surface area contributed by atoms with Gasteiger partial charge in [-0.05, 0) is 78.5 Å². The van der Waals surface area contributed by atoms with Gasteiger partial charge in [-0.15, -0.1) is 4.72 Å². The van der Waals surface area contributed by atoms with Crippen molar-refractivity contribution >= 4 is 17.5 Å². The third-order valence-electron chi connectivity index (χ3n) is 5.87. The number of ether oxygens (including phenoxy) is 1. The van der Waals surface area contributed by atoms with E-state index in [0.29, 0.717) is 37.9 Å². The molecule has 0 unspecified atom stereocenters. The lowest BCUT2D eigenvalue weighted by molar-refractivity contribution is 0.00700. The van der Waals surface area contributed by atoms with Gasteiger partial charge in [0.15, 0.2) is 0 Å². The quantitative estimate of drug-likeness (QED) is 0.678. The molecule has 1 N–H and O–H groups in total. The molecule has 1 saturated heterocycles. The number of piperidine rings is 1. The third kappa shape index (κ3) is 4.60. The fraction of sp³-hybridized carbons (Fsp3) is 0.682. The average molecular weight is 443 g/mol. The molecule has 1 aliphatic carbocycles. The highest BCUT2D eigenvalue weighted by molar-refractivity contribution is 7.90. The largest absolute Gasteiger partial charge is 0.598 e. The van der Waals surface area contributed by atoms with Gasteiger partial charge >= 0.3 is 6.09 Å². The Morgan fingerprint density at radius 3 is 2.27 bits per heavy atom. The molecule has 1 fully saturated rings. The van der Waals surface area contributed by atoms with Gasteiger partial charge in [-0.1, -0.05) is 0 Å². The van der Waals surface area contributed by atoms with Crippen LogP contribution in [0, 0.1) is 17.0 Å². The maximum absolute atomic E-state index is 14.8. The zero-order valence-corrected chi connectivity index (χ0v) is 19.4. The summed E-state index contributed by atoms with van der Waals surface area (Å²) in [6.07, 6.45) is 1.05. The van der Waals surface area contributed by atoms with Crippen LogP contribution in [-0.2, 0) is 22.5 Å². The van der Waals surface area contributed by atoms with Crippen LogP contribution in [0.1, 0.15) is 71.6 Å². The number of carbonyl (C=O) groups excluding carboxylic acids is 1. The maximum Gasteiger partial charge on any atom is 0.410 e. The Bertz CT molecular complexity index is 812. The molecule has 168 valence electrons. The minimum absolute atomic E-state index is 0.276. The van der Waals surface area contributed by atoms with Crippen LogP contribution in [0.4, 0.5) is 13.6 Å². The lowest BCUT2D eigenvalue weighted by Crippen LogP contribution is -2.51. The van der Waals surface area contributed by atoms with Gasteiger partial charge in [-0.25, -0.2) is 13.6 Å². The van der Waals surface area contributed by atoms with Crippen LogP contribution in [0.15, 0.2) is 12.1 Å². The highest BCUT2D eigenvalue weighted by Gasteiger charge is 2.53. The summed E-state index contributed by atoms with van der Waals surface area (Å²) in [7, 11) is 0. The highest BCUT2D eigenvalue weighted by Crippen LogP contribution is 2.54. The molecule has 1 aromatic rings. The molecule has 0 bridgehead atoms. The minimum Gasteiger partial charge on any atom is -0.598 e. The summed E-state index contributed by atoms with van der Waals surface area (Å²) >= 11 is -1.45. The number of hydrogen-bond acceptors (Lipinski definition) is 4. The molecule has 1 aromatic carbocycles. The zero-order valence-electron chi connectivity index (χ0n) is 18.6. The predicted molar refractivity (Wildman–Crippen MR) is 113 cm³/mol. The summed E-state index contributed by atoms with van der Waals surface area (Å²) in [6, 6.07) is 1.71. The van der Waals surface area contributed by atoms with Crippen molar-refractivity contribution in [3.63, 3.8) is 0 Å². The molecule has 30 heavy (non-hydrogen) atoms. The molecule has 1 spiro atoms. The predicted octanol–water partition coefficient (Wildman–Crippen LogP) is 4.63. The number of rotatable bonds is 2. The van der Waals surface area contributed by atoms with Crippen molar-refractivity contribution in [2.45, 2.75) is 77.2 Å². The molecular weight excluding hydrogens is 410 g/mol. The molecule has 1 heterocycles. The van der Waals surface area contributed by atoms with E-state index in [9.17, 15) is 18.1 Å². The summed E-state index contributed by atoms with van der Waals surface area (Å²) in [4.78, 5) is 14.1. The Morgan fingerprint density at radius 2 is 1.73 bits per heavy atom. The van der Waals surface area contributed by atoms with Crippen LogP contribution in [-0.4, -0.2) is 39.0 Å². The summed E-state index contributed by atoms with van der Waals surface area (Å²) in [6.45, 7) is 11.8. The second-order valence-electron chi connectivity index (χ2n) is 10.4. The first kappa shape index (κ1) is 23.3. The number of likely N-dealkylation sites (tertiary alicyclic amines) is 1. The van der Waals surface area contributed by atoms with E-state index in [-0.39, 0.29) is 11.7 Å².